The van der Waals surface area contributed by atoms with Crippen molar-refractivity contribution in [2.75, 3.05) is 0 Å². The molecule has 0 aliphatic carbocycles. The average molecular weight is 242 g/mol. The van der Waals surface area contributed by atoms with Crippen LogP contribution in [0.1, 0.15) is 18.1 Å². The number of fused-ring (bicyclic) bond motifs is 1. The van der Waals surface area contributed by atoms with Crippen LogP contribution in [0.2, 0.25) is 0 Å². The summed E-state index contributed by atoms with van der Waals surface area (Å²) in [6.45, 7) is 3.18. The first-order valence-corrected chi connectivity index (χ1v) is 5.76. The van der Waals surface area contributed by atoms with E-state index in [1.807, 2.05) is 43.3 Å². The number of carbonyl (C=O) groups excluding carboxylic acids is 2. The number of hydrogen-bond donors (Lipinski definition) is 0. The summed E-state index contributed by atoms with van der Waals surface area (Å²) >= 11 is 0. The molecule has 0 fully saturated rings. The van der Waals surface area contributed by atoms with Crippen molar-refractivity contribution in [1.82, 2.24) is 0 Å². The van der Waals surface area contributed by atoms with Crippen LogP contribution in [0.25, 0.3) is 10.8 Å². The fourth-order valence-corrected chi connectivity index (χ4v) is 2.02. The van der Waals surface area contributed by atoms with Gasteiger partial charge in [0.05, 0.1) is 6.42 Å². The van der Waals surface area contributed by atoms with Gasteiger partial charge >= 0.3 is 11.9 Å². The van der Waals surface area contributed by atoms with Crippen LogP contribution in [-0.4, -0.2) is 11.9 Å². The third-order valence-corrected chi connectivity index (χ3v) is 2.85. The van der Waals surface area contributed by atoms with E-state index in [9.17, 15) is 9.59 Å². The molecule has 0 amide bonds. The van der Waals surface area contributed by atoms with Gasteiger partial charge in [-0.3, -0.25) is 9.59 Å². The molecule has 0 aromatic heterocycles. The minimum Gasteiger partial charge on any atom is -0.393 e. The molecule has 0 bridgehead atoms. The SMILES string of the molecule is CC(=O)OC(=O)Cc1c(C)ccc2ccccc12. The lowest BCUT2D eigenvalue weighted by atomic mass is 9.97. The van der Waals surface area contributed by atoms with Crippen LogP contribution in [0.5, 0.6) is 0 Å². The van der Waals surface area contributed by atoms with E-state index in [0.29, 0.717) is 0 Å². The second-order valence-electron chi connectivity index (χ2n) is 4.22. The maximum Gasteiger partial charge on any atom is 0.317 e. The molecule has 0 saturated carbocycles. The molecule has 0 aliphatic heterocycles. The van der Waals surface area contributed by atoms with Gasteiger partial charge in [-0.25, -0.2) is 0 Å². The van der Waals surface area contributed by atoms with E-state index in [2.05, 4.69) is 4.74 Å². The van der Waals surface area contributed by atoms with Gasteiger partial charge in [0.15, 0.2) is 0 Å². The summed E-state index contributed by atoms with van der Waals surface area (Å²) in [5, 5.41) is 2.10. The van der Waals surface area contributed by atoms with Crippen LogP contribution in [0.3, 0.4) is 0 Å². The third kappa shape index (κ3) is 2.56. The molecular formula is C15H14O3. The molecule has 0 aliphatic rings. The van der Waals surface area contributed by atoms with Crippen molar-refractivity contribution >= 4 is 22.7 Å². The zero-order valence-corrected chi connectivity index (χ0v) is 10.4. The zero-order chi connectivity index (χ0) is 13.1. The summed E-state index contributed by atoms with van der Waals surface area (Å²) in [5.41, 5.74) is 1.94. The summed E-state index contributed by atoms with van der Waals surface area (Å²) in [7, 11) is 0. The Morgan fingerprint density at radius 1 is 1.11 bits per heavy atom. The predicted molar refractivity (Wildman–Crippen MR) is 69.2 cm³/mol. The minimum atomic E-state index is -0.571. The molecule has 0 radical (unpaired) electrons. The highest BCUT2D eigenvalue weighted by Gasteiger charge is 2.12. The molecule has 18 heavy (non-hydrogen) atoms. The summed E-state index contributed by atoms with van der Waals surface area (Å²) in [5.74, 6) is -1.08. The van der Waals surface area contributed by atoms with Crippen molar-refractivity contribution in [2.24, 2.45) is 0 Å². The molecule has 2 aromatic carbocycles. The van der Waals surface area contributed by atoms with E-state index in [-0.39, 0.29) is 6.42 Å². The van der Waals surface area contributed by atoms with Crippen LogP contribution in [0.4, 0.5) is 0 Å². The maximum absolute atomic E-state index is 11.6. The van der Waals surface area contributed by atoms with E-state index in [0.717, 1.165) is 21.9 Å². The fraction of sp³-hybridized carbons (Fsp3) is 0.200. The highest BCUT2D eigenvalue weighted by Crippen LogP contribution is 2.22. The normalized spacial score (nSPS) is 10.3. The Bertz CT molecular complexity index is 614. The highest BCUT2D eigenvalue weighted by molar-refractivity contribution is 5.92. The summed E-state index contributed by atoms with van der Waals surface area (Å²) in [6.07, 6.45) is 0.118. The number of ether oxygens (including phenoxy) is 1. The monoisotopic (exact) mass is 242 g/mol. The summed E-state index contributed by atoms with van der Waals surface area (Å²) < 4.78 is 4.58. The molecule has 0 unspecified atom stereocenters. The van der Waals surface area contributed by atoms with Crippen molar-refractivity contribution in [3.8, 4) is 0 Å². The lowest BCUT2D eigenvalue weighted by Gasteiger charge is -2.09. The first kappa shape index (κ1) is 12.3. The van der Waals surface area contributed by atoms with Crippen LogP contribution in [-0.2, 0) is 20.7 Å². The minimum absolute atomic E-state index is 0.118. The van der Waals surface area contributed by atoms with Gasteiger partial charge in [0.2, 0.25) is 0 Å². The van der Waals surface area contributed by atoms with Crippen molar-refractivity contribution in [2.45, 2.75) is 20.3 Å². The van der Waals surface area contributed by atoms with E-state index < -0.39 is 11.9 Å². The molecule has 2 rings (SSSR count). The van der Waals surface area contributed by atoms with Crippen molar-refractivity contribution in [3.63, 3.8) is 0 Å². The lowest BCUT2D eigenvalue weighted by Crippen LogP contribution is -2.12. The molecule has 0 atom stereocenters. The van der Waals surface area contributed by atoms with Gasteiger partial charge in [0.1, 0.15) is 0 Å². The molecule has 0 saturated heterocycles. The Kier molecular flexibility index (Phi) is 3.42. The van der Waals surface area contributed by atoms with Crippen molar-refractivity contribution in [1.29, 1.82) is 0 Å². The smallest absolute Gasteiger partial charge is 0.317 e. The average Bonchev–Trinajstić information content (AvgIpc) is 2.32. The Labute approximate surface area is 105 Å². The predicted octanol–water partition coefficient (Wildman–Crippen LogP) is 2.78. The van der Waals surface area contributed by atoms with Crippen LogP contribution in [0, 0.1) is 6.92 Å². The van der Waals surface area contributed by atoms with Gasteiger partial charge in [-0.1, -0.05) is 36.4 Å². The first-order chi connectivity index (χ1) is 8.58. The van der Waals surface area contributed by atoms with Crippen molar-refractivity contribution in [3.05, 3.63) is 47.5 Å². The lowest BCUT2D eigenvalue weighted by molar-refractivity contribution is -0.157. The zero-order valence-electron chi connectivity index (χ0n) is 10.4. The Hall–Kier alpha value is -2.16. The molecule has 0 spiro atoms. The topological polar surface area (TPSA) is 43.4 Å². The van der Waals surface area contributed by atoms with Gasteiger partial charge in [0.25, 0.3) is 0 Å². The number of rotatable bonds is 2. The quantitative estimate of drug-likeness (QED) is 0.600. The number of benzene rings is 2. The van der Waals surface area contributed by atoms with E-state index in [1.165, 1.54) is 6.92 Å². The maximum atomic E-state index is 11.6. The highest BCUT2D eigenvalue weighted by atomic mass is 16.6. The molecule has 0 N–H and O–H groups in total. The number of hydrogen-bond acceptors (Lipinski definition) is 3. The molecule has 0 heterocycles. The van der Waals surface area contributed by atoms with Gasteiger partial charge in [-0.05, 0) is 28.8 Å². The second-order valence-corrected chi connectivity index (χ2v) is 4.22. The Morgan fingerprint density at radius 3 is 2.56 bits per heavy atom. The second kappa shape index (κ2) is 5.00. The van der Waals surface area contributed by atoms with Gasteiger partial charge in [-0.2, -0.15) is 0 Å². The van der Waals surface area contributed by atoms with E-state index >= 15 is 0 Å². The van der Waals surface area contributed by atoms with Crippen LogP contribution >= 0.6 is 0 Å². The molecule has 92 valence electrons. The van der Waals surface area contributed by atoms with Gasteiger partial charge in [-0.15, -0.1) is 0 Å². The molecule has 3 nitrogen and oxygen atoms in total. The summed E-state index contributed by atoms with van der Waals surface area (Å²) in [6, 6.07) is 11.8. The summed E-state index contributed by atoms with van der Waals surface area (Å²) in [4.78, 5) is 22.3. The number of aryl methyl sites for hydroxylation is 1. The van der Waals surface area contributed by atoms with Crippen LogP contribution in [0.15, 0.2) is 36.4 Å². The van der Waals surface area contributed by atoms with E-state index in [4.69, 9.17) is 0 Å². The van der Waals surface area contributed by atoms with Crippen LogP contribution < -0.4 is 0 Å². The number of carbonyl (C=O) groups is 2. The Balaban J connectivity index is 2.40. The Morgan fingerprint density at radius 2 is 1.83 bits per heavy atom. The standard InChI is InChI=1S/C15H14O3/c1-10-7-8-12-5-3-4-6-13(12)14(10)9-15(17)18-11(2)16/h3-8H,9H2,1-2H3. The molecule has 2 aromatic rings. The molecular weight excluding hydrogens is 228 g/mol. The fourth-order valence-electron chi connectivity index (χ4n) is 2.02. The third-order valence-electron chi connectivity index (χ3n) is 2.85. The van der Waals surface area contributed by atoms with Gasteiger partial charge in [0, 0.05) is 6.92 Å². The molecule has 3 heteroatoms. The first-order valence-electron chi connectivity index (χ1n) is 5.76. The van der Waals surface area contributed by atoms with E-state index in [1.54, 1.807) is 0 Å². The van der Waals surface area contributed by atoms with Gasteiger partial charge < -0.3 is 4.74 Å². The van der Waals surface area contributed by atoms with Crippen molar-refractivity contribution < 1.29 is 14.3 Å². The largest absolute Gasteiger partial charge is 0.393 e. The number of esters is 2.